The summed E-state index contributed by atoms with van der Waals surface area (Å²) in [5, 5.41) is 0. The van der Waals surface area contributed by atoms with E-state index in [1.165, 1.54) is 0 Å². The first-order chi connectivity index (χ1) is 12.2. The van der Waals surface area contributed by atoms with Crippen LogP contribution in [0.3, 0.4) is 0 Å². The van der Waals surface area contributed by atoms with Crippen molar-refractivity contribution in [1.82, 2.24) is 14.8 Å². The highest BCUT2D eigenvalue weighted by atomic mass is 16.5. The fourth-order valence-electron chi connectivity index (χ4n) is 2.89. The molecule has 1 saturated heterocycles. The summed E-state index contributed by atoms with van der Waals surface area (Å²) in [6.45, 7) is 4.33. The SMILES string of the molecule is O=C(CCOc1ccccc1)N1CCN(Cc2ccc(=O)[nH]c2)CC1. The van der Waals surface area contributed by atoms with Crippen molar-refractivity contribution in [2.75, 3.05) is 32.8 Å². The summed E-state index contributed by atoms with van der Waals surface area (Å²) < 4.78 is 5.59. The van der Waals surface area contributed by atoms with Crippen LogP contribution < -0.4 is 10.3 Å². The summed E-state index contributed by atoms with van der Waals surface area (Å²) in [6, 6.07) is 12.9. The first-order valence-corrected chi connectivity index (χ1v) is 8.56. The van der Waals surface area contributed by atoms with Gasteiger partial charge in [0.1, 0.15) is 5.75 Å². The number of rotatable bonds is 6. The number of pyridine rings is 1. The highest BCUT2D eigenvalue weighted by Gasteiger charge is 2.20. The molecule has 25 heavy (non-hydrogen) atoms. The van der Waals surface area contributed by atoms with Crippen molar-refractivity contribution in [1.29, 1.82) is 0 Å². The third-order valence-electron chi connectivity index (χ3n) is 4.31. The molecule has 0 aliphatic carbocycles. The van der Waals surface area contributed by atoms with Gasteiger partial charge in [-0.1, -0.05) is 24.3 Å². The molecule has 1 aromatic carbocycles. The average molecular weight is 341 g/mol. The summed E-state index contributed by atoms with van der Waals surface area (Å²) >= 11 is 0. The van der Waals surface area contributed by atoms with E-state index in [4.69, 9.17) is 4.74 Å². The molecule has 6 heteroatoms. The van der Waals surface area contributed by atoms with E-state index in [1.54, 1.807) is 12.3 Å². The van der Waals surface area contributed by atoms with Gasteiger partial charge < -0.3 is 14.6 Å². The Hall–Kier alpha value is -2.60. The number of benzene rings is 1. The minimum absolute atomic E-state index is 0.0862. The van der Waals surface area contributed by atoms with Crippen LogP contribution in [-0.2, 0) is 11.3 Å². The largest absolute Gasteiger partial charge is 0.493 e. The molecule has 0 spiro atoms. The van der Waals surface area contributed by atoms with Gasteiger partial charge in [-0.15, -0.1) is 0 Å². The molecular weight excluding hydrogens is 318 g/mol. The third kappa shape index (κ3) is 5.19. The van der Waals surface area contributed by atoms with Gasteiger partial charge in [-0.2, -0.15) is 0 Å². The van der Waals surface area contributed by atoms with E-state index >= 15 is 0 Å². The van der Waals surface area contributed by atoms with E-state index in [1.807, 2.05) is 41.3 Å². The van der Waals surface area contributed by atoms with E-state index < -0.39 is 0 Å². The van der Waals surface area contributed by atoms with E-state index in [2.05, 4.69) is 9.88 Å². The van der Waals surface area contributed by atoms with E-state index in [0.717, 1.165) is 44.0 Å². The molecule has 1 fully saturated rings. The predicted octanol–water partition coefficient (Wildman–Crippen LogP) is 1.49. The fraction of sp³-hybridized carbons (Fsp3) is 0.368. The molecule has 6 nitrogen and oxygen atoms in total. The normalized spacial score (nSPS) is 15.1. The van der Waals surface area contributed by atoms with Crippen molar-refractivity contribution in [2.24, 2.45) is 0 Å². The zero-order valence-electron chi connectivity index (χ0n) is 14.2. The van der Waals surface area contributed by atoms with E-state index in [9.17, 15) is 9.59 Å². The maximum Gasteiger partial charge on any atom is 0.247 e. The van der Waals surface area contributed by atoms with Crippen molar-refractivity contribution in [3.63, 3.8) is 0 Å². The van der Waals surface area contributed by atoms with Crippen molar-refractivity contribution in [3.8, 4) is 5.75 Å². The van der Waals surface area contributed by atoms with Crippen molar-refractivity contribution in [3.05, 3.63) is 64.6 Å². The molecule has 0 radical (unpaired) electrons. The lowest BCUT2D eigenvalue weighted by atomic mass is 10.2. The molecule has 1 aromatic heterocycles. The first kappa shape index (κ1) is 17.2. The number of nitrogens with one attached hydrogen (secondary N) is 1. The summed E-state index contributed by atoms with van der Waals surface area (Å²) in [7, 11) is 0. The molecule has 0 saturated carbocycles. The van der Waals surface area contributed by atoms with Gasteiger partial charge in [0.25, 0.3) is 0 Å². The zero-order chi connectivity index (χ0) is 17.5. The second kappa shape index (κ2) is 8.48. The number of amides is 1. The number of hydrogen-bond acceptors (Lipinski definition) is 4. The number of ether oxygens (including phenoxy) is 1. The minimum Gasteiger partial charge on any atom is -0.493 e. The van der Waals surface area contributed by atoms with Gasteiger partial charge >= 0.3 is 0 Å². The molecule has 0 bridgehead atoms. The number of carbonyl (C=O) groups excluding carboxylic acids is 1. The summed E-state index contributed by atoms with van der Waals surface area (Å²) in [4.78, 5) is 30.2. The van der Waals surface area contributed by atoms with Gasteiger partial charge in [0, 0.05) is 45.0 Å². The first-order valence-electron chi connectivity index (χ1n) is 8.56. The Bertz CT molecular complexity index is 717. The quantitative estimate of drug-likeness (QED) is 0.864. The van der Waals surface area contributed by atoms with Gasteiger partial charge in [-0.25, -0.2) is 0 Å². The van der Waals surface area contributed by atoms with Crippen LogP contribution in [0.5, 0.6) is 5.75 Å². The highest BCUT2D eigenvalue weighted by molar-refractivity contribution is 5.76. The monoisotopic (exact) mass is 341 g/mol. The van der Waals surface area contributed by atoms with Gasteiger partial charge in [0.2, 0.25) is 11.5 Å². The van der Waals surface area contributed by atoms with Crippen LogP contribution in [0.4, 0.5) is 0 Å². The average Bonchev–Trinajstić information content (AvgIpc) is 2.65. The Balaban J connectivity index is 1.38. The van der Waals surface area contributed by atoms with Gasteiger partial charge in [-0.05, 0) is 17.7 Å². The number of aromatic nitrogens is 1. The molecule has 2 aromatic rings. The van der Waals surface area contributed by atoms with Crippen LogP contribution >= 0.6 is 0 Å². The molecule has 3 rings (SSSR count). The summed E-state index contributed by atoms with van der Waals surface area (Å²) in [5.74, 6) is 0.931. The number of carbonyl (C=O) groups is 1. The lowest BCUT2D eigenvalue weighted by Gasteiger charge is -2.34. The second-order valence-electron chi connectivity index (χ2n) is 6.13. The molecule has 1 amide bonds. The lowest BCUT2D eigenvalue weighted by Crippen LogP contribution is -2.48. The molecule has 0 unspecified atom stereocenters. The molecule has 1 N–H and O–H groups in total. The molecule has 0 atom stereocenters. The number of piperazine rings is 1. The van der Waals surface area contributed by atoms with Crippen molar-refractivity contribution < 1.29 is 9.53 Å². The predicted molar refractivity (Wildman–Crippen MR) is 95.5 cm³/mol. The standard InChI is InChI=1S/C19H23N3O3/c23-18-7-6-16(14-20-18)15-21-9-11-22(12-10-21)19(24)8-13-25-17-4-2-1-3-5-17/h1-7,14H,8-13,15H2,(H,20,23). The topological polar surface area (TPSA) is 65.6 Å². The van der Waals surface area contributed by atoms with Crippen LogP contribution in [0.25, 0.3) is 0 Å². The van der Waals surface area contributed by atoms with E-state index in [-0.39, 0.29) is 11.5 Å². The van der Waals surface area contributed by atoms with Crippen LogP contribution in [0.2, 0.25) is 0 Å². The molecular formula is C19H23N3O3. The zero-order valence-corrected chi connectivity index (χ0v) is 14.2. The number of para-hydroxylation sites is 1. The smallest absolute Gasteiger partial charge is 0.247 e. The minimum atomic E-state index is -0.0862. The highest BCUT2D eigenvalue weighted by Crippen LogP contribution is 2.10. The van der Waals surface area contributed by atoms with Gasteiger partial charge in [0.05, 0.1) is 13.0 Å². The Morgan fingerprint density at radius 1 is 1.04 bits per heavy atom. The van der Waals surface area contributed by atoms with Crippen LogP contribution in [0.15, 0.2) is 53.5 Å². The molecule has 2 heterocycles. The van der Waals surface area contributed by atoms with Crippen molar-refractivity contribution >= 4 is 5.91 Å². The maximum absolute atomic E-state index is 12.3. The Kier molecular flexibility index (Phi) is 5.85. The van der Waals surface area contributed by atoms with Crippen LogP contribution in [-0.4, -0.2) is 53.5 Å². The Morgan fingerprint density at radius 3 is 2.48 bits per heavy atom. The molecule has 1 aliphatic heterocycles. The number of nitrogens with zero attached hydrogens (tertiary/aromatic N) is 2. The number of H-pyrrole nitrogens is 1. The Labute approximate surface area is 147 Å². The summed E-state index contributed by atoms with van der Waals surface area (Å²) in [5.41, 5.74) is 0.993. The summed E-state index contributed by atoms with van der Waals surface area (Å²) in [6.07, 6.45) is 2.15. The molecule has 132 valence electrons. The third-order valence-corrected chi connectivity index (χ3v) is 4.31. The van der Waals surface area contributed by atoms with Crippen LogP contribution in [0.1, 0.15) is 12.0 Å². The van der Waals surface area contributed by atoms with Gasteiger partial charge in [0.15, 0.2) is 0 Å². The lowest BCUT2D eigenvalue weighted by molar-refractivity contribution is -0.133. The Morgan fingerprint density at radius 2 is 1.80 bits per heavy atom. The van der Waals surface area contributed by atoms with Crippen molar-refractivity contribution in [2.45, 2.75) is 13.0 Å². The number of hydrogen-bond donors (Lipinski definition) is 1. The number of aromatic amines is 1. The second-order valence-corrected chi connectivity index (χ2v) is 6.13. The molecule has 1 aliphatic rings. The van der Waals surface area contributed by atoms with Gasteiger partial charge in [-0.3, -0.25) is 14.5 Å². The van der Waals surface area contributed by atoms with E-state index in [0.29, 0.717) is 13.0 Å². The fourth-order valence-corrected chi connectivity index (χ4v) is 2.89. The van der Waals surface area contributed by atoms with Crippen LogP contribution in [0, 0.1) is 0 Å². The maximum atomic E-state index is 12.3.